The van der Waals surface area contributed by atoms with E-state index in [1.165, 1.54) is 18.2 Å². The molecule has 4 aromatic carbocycles. The molecule has 4 aromatic rings. The highest BCUT2D eigenvalue weighted by atomic mass is 16.5. The minimum atomic E-state index is -1.45. The number of carbonyl (C=O) groups is 5. The molecule has 2 N–H and O–H groups in total. The van der Waals surface area contributed by atoms with E-state index in [9.17, 15) is 34.2 Å². The summed E-state index contributed by atoms with van der Waals surface area (Å²) in [6, 6.07) is 22.0. The lowest BCUT2D eigenvalue weighted by Crippen LogP contribution is -2.15. The normalized spacial score (nSPS) is 11.5. The van der Waals surface area contributed by atoms with Gasteiger partial charge in [0.1, 0.15) is 13.2 Å². The lowest BCUT2D eigenvalue weighted by molar-refractivity contribution is 0.0458. The van der Waals surface area contributed by atoms with Crippen LogP contribution in [-0.2, 0) is 33.5 Å². The fourth-order valence-electron chi connectivity index (χ4n) is 4.90. The van der Waals surface area contributed by atoms with Crippen molar-refractivity contribution in [2.45, 2.75) is 65.6 Å². The van der Waals surface area contributed by atoms with E-state index in [0.29, 0.717) is 5.56 Å². The molecule has 0 heterocycles. The molecule has 0 radical (unpaired) electrons. The van der Waals surface area contributed by atoms with Crippen molar-refractivity contribution in [3.05, 3.63) is 141 Å². The Hall–Kier alpha value is -5.57. The second-order valence-electron chi connectivity index (χ2n) is 13.5. The molecule has 9 nitrogen and oxygen atoms in total. The summed E-state index contributed by atoms with van der Waals surface area (Å²) in [5, 5.41) is 19.6. The van der Waals surface area contributed by atoms with Crippen LogP contribution in [0.1, 0.15) is 121 Å². The summed E-state index contributed by atoms with van der Waals surface area (Å²) in [7, 11) is 0. The SMILES string of the molecule is CC(C)(C)c1ccc(COC(=O)c2ccc(C(=O)c3ccc(C(=O)O)c(C(=O)OCc4ccc(C(C)(C)C)cc4)c3)cc2C(=O)O)cc1. The molecule has 0 aliphatic heterocycles. The van der Waals surface area contributed by atoms with Crippen LogP contribution in [0.15, 0.2) is 84.9 Å². The first-order chi connectivity index (χ1) is 22.5. The molecule has 0 atom stereocenters. The molecule has 0 aliphatic carbocycles. The molecule has 0 amide bonds. The molecule has 4 rings (SSSR count). The monoisotopic (exact) mass is 650 g/mol. The number of hydrogen-bond acceptors (Lipinski definition) is 7. The van der Waals surface area contributed by atoms with Gasteiger partial charge < -0.3 is 19.7 Å². The molecule has 0 aromatic heterocycles. The van der Waals surface area contributed by atoms with E-state index in [1.807, 2.05) is 48.5 Å². The third-order valence-corrected chi connectivity index (χ3v) is 7.84. The number of carboxylic acid groups (broad SMARTS) is 2. The summed E-state index contributed by atoms with van der Waals surface area (Å²) in [6.45, 7) is 12.3. The number of aromatic carboxylic acids is 2. The summed E-state index contributed by atoms with van der Waals surface area (Å²) in [4.78, 5) is 63.4. The van der Waals surface area contributed by atoms with Gasteiger partial charge in [0.2, 0.25) is 0 Å². The van der Waals surface area contributed by atoms with Gasteiger partial charge in [0, 0.05) is 11.1 Å². The Morgan fingerprint density at radius 2 is 0.875 bits per heavy atom. The first-order valence-corrected chi connectivity index (χ1v) is 15.3. The Bertz CT molecular complexity index is 1870. The Kier molecular flexibility index (Phi) is 10.3. The zero-order valence-electron chi connectivity index (χ0n) is 27.7. The molecule has 0 fully saturated rings. The number of esters is 2. The van der Waals surface area contributed by atoms with Crippen LogP contribution in [0.4, 0.5) is 0 Å². The summed E-state index contributed by atoms with van der Waals surface area (Å²) in [5.41, 5.74) is 1.93. The van der Waals surface area contributed by atoms with Crippen molar-refractivity contribution in [2.75, 3.05) is 0 Å². The van der Waals surface area contributed by atoms with Gasteiger partial charge in [0.05, 0.1) is 22.3 Å². The van der Waals surface area contributed by atoms with Crippen molar-refractivity contribution in [3.8, 4) is 0 Å². The number of rotatable bonds is 10. The molecule has 9 heteroatoms. The van der Waals surface area contributed by atoms with Crippen molar-refractivity contribution in [1.82, 2.24) is 0 Å². The predicted octanol–water partition coefficient (Wildman–Crippen LogP) is 7.62. The highest BCUT2D eigenvalue weighted by molar-refractivity contribution is 6.13. The Morgan fingerprint density at radius 1 is 0.500 bits per heavy atom. The minimum Gasteiger partial charge on any atom is -0.478 e. The Balaban J connectivity index is 1.53. The van der Waals surface area contributed by atoms with Crippen molar-refractivity contribution in [1.29, 1.82) is 0 Å². The van der Waals surface area contributed by atoms with Crippen LogP contribution >= 0.6 is 0 Å². The average Bonchev–Trinajstić information content (AvgIpc) is 3.04. The van der Waals surface area contributed by atoms with E-state index in [2.05, 4.69) is 41.5 Å². The summed E-state index contributed by atoms with van der Waals surface area (Å²) in [5.74, 6) is -5.36. The van der Waals surface area contributed by atoms with Gasteiger partial charge in [-0.1, -0.05) is 102 Å². The number of carbonyl (C=O) groups excluding carboxylic acids is 3. The van der Waals surface area contributed by atoms with Crippen molar-refractivity contribution in [2.24, 2.45) is 0 Å². The first kappa shape index (κ1) is 35.3. The van der Waals surface area contributed by atoms with Gasteiger partial charge in [-0.15, -0.1) is 0 Å². The van der Waals surface area contributed by atoms with Crippen LogP contribution in [0, 0.1) is 0 Å². The maximum Gasteiger partial charge on any atom is 0.339 e. The molecule has 0 unspecified atom stereocenters. The fourth-order valence-corrected chi connectivity index (χ4v) is 4.90. The van der Waals surface area contributed by atoms with E-state index in [1.54, 1.807) is 0 Å². The maximum absolute atomic E-state index is 13.5. The van der Waals surface area contributed by atoms with Crippen molar-refractivity contribution < 1.29 is 43.7 Å². The minimum absolute atomic E-state index is 0.0483. The topological polar surface area (TPSA) is 144 Å². The largest absolute Gasteiger partial charge is 0.478 e. The molecule has 0 saturated heterocycles. The van der Waals surface area contributed by atoms with Crippen LogP contribution in [0.5, 0.6) is 0 Å². The van der Waals surface area contributed by atoms with E-state index < -0.39 is 35.2 Å². The standard InChI is InChI=1S/C39H38O9/c1-38(2,3)27-13-7-23(8-14-27)21-47-36(45)30-18-12-25(19-31(30)35(43)44)33(40)26-11-17-29(34(41)42)32(20-26)37(46)48-22-24-9-15-28(16-10-24)39(4,5)6/h7-20H,21-22H2,1-6H3,(H,41,42)(H,43,44). The second-order valence-corrected chi connectivity index (χ2v) is 13.5. The molecule has 0 saturated carbocycles. The molecule has 248 valence electrons. The summed E-state index contributed by atoms with van der Waals surface area (Å²) in [6.07, 6.45) is 0. The predicted molar refractivity (Wildman–Crippen MR) is 179 cm³/mol. The Labute approximate surface area is 279 Å². The van der Waals surface area contributed by atoms with Gasteiger partial charge in [0.25, 0.3) is 0 Å². The molecule has 0 bridgehead atoms. The molecule has 0 aliphatic rings. The van der Waals surface area contributed by atoms with Crippen LogP contribution in [0.2, 0.25) is 0 Å². The van der Waals surface area contributed by atoms with E-state index in [4.69, 9.17) is 9.47 Å². The smallest absolute Gasteiger partial charge is 0.339 e. The third kappa shape index (κ3) is 8.41. The van der Waals surface area contributed by atoms with Crippen LogP contribution < -0.4 is 0 Å². The zero-order chi connectivity index (χ0) is 35.4. The quantitative estimate of drug-likeness (QED) is 0.131. The number of hydrogen-bond donors (Lipinski definition) is 2. The number of carboxylic acids is 2. The maximum atomic E-state index is 13.5. The molecular weight excluding hydrogens is 612 g/mol. The molecule has 0 spiro atoms. The summed E-state index contributed by atoms with van der Waals surface area (Å²) >= 11 is 0. The van der Waals surface area contributed by atoms with Gasteiger partial charge in [-0.05, 0) is 57.3 Å². The number of benzene rings is 4. The van der Waals surface area contributed by atoms with Crippen LogP contribution in [-0.4, -0.2) is 39.9 Å². The lowest BCUT2D eigenvalue weighted by atomic mass is 9.87. The average molecular weight is 651 g/mol. The van der Waals surface area contributed by atoms with Gasteiger partial charge in [0.15, 0.2) is 5.78 Å². The van der Waals surface area contributed by atoms with Gasteiger partial charge in [-0.25, -0.2) is 19.2 Å². The van der Waals surface area contributed by atoms with Crippen molar-refractivity contribution in [3.63, 3.8) is 0 Å². The number of ketones is 1. The lowest BCUT2D eigenvalue weighted by Gasteiger charge is -2.19. The van der Waals surface area contributed by atoms with E-state index >= 15 is 0 Å². The van der Waals surface area contributed by atoms with Gasteiger partial charge >= 0.3 is 23.9 Å². The highest BCUT2D eigenvalue weighted by Crippen LogP contribution is 2.25. The second kappa shape index (κ2) is 14.0. The first-order valence-electron chi connectivity index (χ1n) is 15.3. The van der Waals surface area contributed by atoms with E-state index in [-0.39, 0.29) is 51.9 Å². The van der Waals surface area contributed by atoms with Gasteiger partial charge in [-0.2, -0.15) is 0 Å². The van der Waals surface area contributed by atoms with Crippen LogP contribution in [0.3, 0.4) is 0 Å². The van der Waals surface area contributed by atoms with Crippen LogP contribution in [0.25, 0.3) is 0 Å². The zero-order valence-corrected chi connectivity index (χ0v) is 27.7. The summed E-state index contributed by atoms with van der Waals surface area (Å²) < 4.78 is 10.8. The highest BCUT2D eigenvalue weighted by Gasteiger charge is 2.24. The molecular formula is C39H38O9. The Morgan fingerprint density at radius 3 is 1.27 bits per heavy atom. The molecule has 48 heavy (non-hydrogen) atoms. The third-order valence-electron chi connectivity index (χ3n) is 7.84. The number of ether oxygens (including phenoxy) is 2. The van der Waals surface area contributed by atoms with Gasteiger partial charge in [-0.3, -0.25) is 4.79 Å². The van der Waals surface area contributed by atoms with E-state index in [0.717, 1.165) is 34.9 Å². The van der Waals surface area contributed by atoms with Crippen molar-refractivity contribution >= 4 is 29.7 Å². The fraction of sp³-hybridized carbons (Fsp3) is 0.256.